The van der Waals surface area contributed by atoms with E-state index in [0.717, 1.165) is 32.1 Å². The number of likely N-dealkylation sites (N-methyl/N-ethyl adjacent to an activating group) is 1. The van der Waals surface area contributed by atoms with Gasteiger partial charge in [-0.15, -0.1) is 0 Å². The lowest BCUT2D eigenvalue weighted by molar-refractivity contribution is 0.707. The molecule has 2 N–H and O–H groups in total. The summed E-state index contributed by atoms with van der Waals surface area (Å²) in [6.45, 7) is 10.3. The second-order valence-electron chi connectivity index (χ2n) is 5.03. The zero-order valence-electron chi connectivity index (χ0n) is 12.1. The molecule has 1 aliphatic rings. The number of para-hydroxylation sites is 1. The standard InChI is InChI=1S/C15H24N4/c1-4-19(14-8-6-5-7-12(14)2)10-9-16-15-17-11-13(3)18-15/h5-8,13H,4,9-11H2,1-3H3,(H2,16,17,18). The SMILES string of the molecule is CCN(CCNC1=NCC(C)N1)c1ccccc1C. The molecule has 0 radical (unpaired) electrons. The van der Waals surface area contributed by atoms with E-state index in [0.29, 0.717) is 6.04 Å². The lowest BCUT2D eigenvalue weighted by Gasteiger charge is -2.25. The van der Waals surface area contributed by atoms with Gasteiger partial charge in [-0.25, -0.2) is 0 Å². The van der Waals surface area contributed by atoms with E-state index in [9.17, 15) is 0 Å². The van der Waals surface area contributed by atoms with Crippen LogP contribution in [0.25, 0.3) is 0 Å². The Labute approximate surface area is 115 Å². The van der Waals surface area contributed by atoms with Crippen LogP contribution in [0.1, 0.15) is 19.4 Å². The van der Waals surface area contributed by atoms with E-state index in [2.05, 4.69) is 65.6 Å². The zero-order chi connectivity index (χ0) is 13.7. The number of hydrogen-bond acceptors (Lipinski definition) is 4. The first-order valence-corrected chi connectivity index (χ1v) is 7.06. The Morgan fingerprint density at radius 3 is 2.84 bits per heavy atom. The van der Waals surface area contributed by atoms with Crippen LogP contribution in [0.2, 0.25) is 0 Å². The molecule has 0 bridgehead atoms. The van der Waals surface area contributed by atoms with Crippen molar-refractivity contribution in [3.63, 3.8) is 0 Å². The van der Waals surface area contributed by atoms with Gasteiger partial charge in [-0.05, 0) is 32.4 Å². The van der Waals surface area contributed by atoms with Gasteiger partial charge in [-0.2, -0.15) is 0 Å². The Morgan fingerprint density at radius 1 is 1.42 bits per heavy atom. The number of benzene rings is 1. The summed E-state index contributed by atoms with van der Waals surface area (Å²) in [7, 11) is 0. The van der Waals surface area contributed by atoms with E-state index >= 15 is 0 Å². The summed E-state index contributed by atoms with van der Waals surface area (Å²) in [4.78, 5) is 6.80. The van der Waals surface area contributed by atoms with Gasteiger partial charge in [0.25, 0.3) is 0 Å². The molecule has 1 heterocycles. The normalized spacial score (nSPS) is 17.8. The van der Waals surface area contributed by atoms with E-state index in [1.54, 1.807) is 0 Å². The molecule has 1 atom stereocenters. The number of rotatable bonds is 5. The maximum absolute atomic E-state index is 4.41. The molecule has 4 heteroatoms. The third-order valence-corrected chi connectivity index (χ3v) is 3.42. The Balaban J connectivity index is 1.85. The molecule has 0 aliphatic carbocycles. The van der Waals surface area contributed by atoms with Gasteiger partial charge < -0.3 is 15.5 Å². The van der Waals surface area contributed by atoms with Crippen molar-refractivity contribution < 1.29 is 0 Å². The summed E-state index contributed by atoms with van der Waals surface area (Å²) in [5.74, 6) is 0.938. The van der Waals surface area contributed by atoms with Gasteiger partial charge in [0, 0.05) is 31.4 Å². The summed E-state index contributed by atoms with van der Waals surface area (Å²) < 4.78 is 0. The van der Waals surface area contributed by atoms with Crippen LogP contribution in [0.15, 0.2) is 29.3 Å². The largest absolute Gasteiger partial charge is 0.370 e. The summed E-state index contributed by atoms with van der Waals surface area (Å²) >= 11 is 0. The van der Waals surface area contributed by atoms with Crippen molar-refractivity contribution in [3.8, 4) is 0 Å². The second kappa shape index (κ2) is 6.45. The van der Waals surface area contributed by atoms with Gasteiger partial charge in [0.1, 0.15) is 0 Å². The highest BCUT2D eigenvalue weighted by atomic mass is 15.2. The first kappa shape index (κ1) is 13.7. The molecule has 104 valence electrons. The van der Waals surface area contributed by atoms with Crippen LogP contribution in [0.5, 0.6) is 0 Å². The molecule has 1 aromatic rings. The maximum atomic E-state index is 4.41. The Morgan fingerprint density at radius 2 is 2.21 bits per heavy atom. The molecule has 0 amide bonds. The van der Waals surface area contributed by atoms with Crippen molar-refractivity contribution in [2.45, 2.75) is 26.8 Å². The minimum absolute atomic E-state index is 0.459. The van der Waals surface area contributed by atoms with Crippen molar-refractivity contribution in [3.05, 3.63) is 29.8 Å². The van der Waals surface area contributed by atoms with Gasteiger partial charge in [0.2, 0.25) is 0 Å². The quantitative estimate of drug-likeness (QED) is 0.847. The number of aliphatic imine (C=N–C) groups is 1. The van der Waals surface area contributed by atoms with E-state index in [1.165, 1.54) is 11.3 Å². The Bertz CT molecular complexity index is 442. The second-order valence-corrected chi connectivity index (χ2v) is 5.03. The summed E-state index contributed by atoms with van der Waals surface area (Å²) in [5.41, 5.74) is 2.65. The lowest BCUT2D eigenvalue weighted by Crippen LogP contribution is -2.41. The first-order chi connectivity index (χ1) is 9.20. The Kier molecular flexibility index (Phi) is 4.66. The van der Waals surface area contributed by atoms with Crippen molar-refractivity contribution in [2.75, 3.05) is 31.1 Å². The van der Waals surface area contributed by atoms with E-state index in [4.69, 9.17) is 0 Å². The molecule has 0 saturated heterocycles. The fourth-order valence-electron chi connectivity index (χ4n) is 2.34. The highest BCUT2D eigenvalue weighted by molar-refractivity contribution is 5.81. The Hall–Kier alpha value is -1.71. The molecule has 0 spiro atoms. The fraction of sp³-hybridized carbons (Fsp3) is 0.533. The molecular formula is C15H24N4. The molecule has 0 saturated carbocycles. The van der Waals surface area contributed by atoms with Crippen LogP contribution >= 0.6 is 0 Å². The van der Waals surface area contributed by atoms with Gasteiger partial charge in [-0.1, -0.05) is 18.2 Å². The molecule has 0 fully saturated rings. The molecule has 1 aliphatic heterocycles. The number of anilines is 1. The highest BCUT2D eigenvalue weighted by Gasteiger charge is 2.12. The number of nitrogens with one attached hydrogen (secondary N) is 2. The predicted octanol–water partition coefficient (Wildman–Crippen LogP) is 1.76. The lowest BCUT2D eigenvalue weighted by atomic mass is 10.2. The van der Waals surface area contributed by atoms with Crippen molar-refractivity contribution in [1.82, 2.24) is 10.6 Å². The molecule has 4 nitrogen and oxygen atoms in total. The number of aryl methyl sites for hydroxylation is 1. The fourth-order valence-corrected chi connectivity index (χ4v) is 2.34. The molecule has 0 aromatic heterocycles. The van der Waals surface area contributed by atoms with Gasteiger partial charge in [0.05, 0.1) is 6.54 Å². The number of hydrogen-bond donors (Lipinski definition) is 2. The number of guanidine groups is 1. The maximum Gasteiger partial charge on any atom is 0.191 e. The number of nitrogens with zero attached hydrogens (tertiary/aromatic N) is 2. The first-order valence-electron chi connectivity index (χ1n) is 7.06. The van der Waals surface area contributed by atoms with E-state index in [-0.39, 0.29) is 0 Å². The highest BCUT2D eigenvalue weighted by Crippen LogP contribution is 2.18. The minimum atomic E-state index is 0.459. The average molecular weight is 260 g/mol. The summed E-state index contributed by atoms with van der Waals surface area (Å²) in [6, 6.07) is 9.00. The predicted molar refractivity (Wildman–Crippen MR) is 82.0 cm³/mol. The summed E-state index contributed by atoms with van der Waals surface area (Å²) in [5, 5.41) is 6.68. The molecule has 1 aromatic carbocycles. The van der Waals surface area contributed by atoms with Crippen LogP contribution in [0.4, 0.5) is 5.69 Å². The summed E-state index contributed by atoms with van der Waals surface area (Å²) in [6.07, 6.45) is 0. The van der Waals surface area contributed by atoms with Crippen LogP contribution in [0.3, 0.4) is 0 Å². The van der Waals surface area contributed by atoms with Crippen molar-refractivity contribution in [2.24, 2.45) is 4.99 Å². The van der Waals surface area contributed by atoms with Crippen LogP contribution in [-0.2, 0) is 0 Å². The minimum Gasteiger partial charge on any atom is -0.370 e. The van der Waals surface area contributed by atoms with Gasteiger partial charge in [0.15, 0.2) is 5.96 Å². The molecule has 2 rings (SSSR count). The van der Waals surface area contributed by atoms with Gasteiger partial charge >= 0.3 is 0 Å². The van der Waals surface area contributed by atoms with Gasteiger partial charge in [-0.3, -0.25) is 4.99 Å². The van der Waals surface area contributed by atoms with Crippen LogP contribution < -0.4 is 15.5 Å². The van der Waals surface area contributed by atoms with Crippen molar-refractivity contribution >= 4 is 11.6 Å². The third kappa shape index (κ3) is 3.63. The van der Waals surface area contributed by atoms with Crippen molar-refractivity contribution in [1.29, 1.82) is 0 Å². The monoisotopic (exact) mass is 260 g/mol. The van der Waals surface area contributed by atoms with E-state index < -0.39 is 0 Å². The third-order valence-electron chi connectivity index (χ3n) is 3.42. The molecule has 1 unspecified atom stereocenters. The zero-order valence-corrected chi connectivity index (χ0v) is 12.1. The van der Waals surface area contributed by atoms with E-state index in [1.807, 2.05) is 0 Å². The topological polar surface area (TPSA) is 39.7 Å². The average Bonchev–Trinajstić information content (AvgIpc) is 2.82. The van der Waals surface area contributed by atoms with Crippen LogP contribution in [-0.4, -0.2) is 38.2 Å². The molecule has 19 heavy (non-hydrogen) atoms. The van der Waals surface area contributed by atoms with Crippen LogP contribution in [0, 0.1) is 6.92 Å². The smallest absolute Gasteiger partial charge is 0.191 e. The molecular weight excluding hydrogens is 236 g/mol.